The Kier molecular flexibility index (Phi) is 5.23. The molecule has 2 fully saturated rings. The van der Waals surface area contributed by atoms with E-state index in [1.807, 2.05) is 24.3 Å². The predicted molar refractivity (Wildman–Crippen MR) is 102 cm³/mol. The number of fused-ring (bicyclic) bond motifs is 3. The smallest absolute Gasteiger partial charge is 0.243 e. The molecule has 4 rings (SSSR count). The number of sulfonamides is 1. The van der Waals surface area contributed by atoms with Crippen molar-refractivity contribution in [3.63, 3.8) is 0 Å². The van der Waals surface area contributed by atoms with Crippen LogP contribution in [0.15, 0.2) is 45.8 Å². The molecule has 2 unspecified atom stereocenters. The lowest BCUT2D eigenvalue weighted by Gasteiger charge is -2.27. The van der Waals surface area contributed by atoms with Gasteiger partial charge in [0.25, 0.3) is 0 Å². The van der Waals surface area contributed by atoms with Crippen molar-refractivity contribution in [1.29, 1.82) is 0 Å². The maximum atomic E-state index is 13.2. The summed E-state index contributed by atoms with van der Waals surface area (Å²) in [5.41, 5.74) is 0. The zero-order valence-corrected chi connectivity index (χ0v) is 16.3. The molecule has 0 radical (unpaired) electrons. The minimum atomic E-state index is -3.44. The van der Waals surface area contributed by atoms with E-state index in [1.165, 1.54) is 0 Å². The first kappa shape index (κ1) is 18.1. The summed E-state index contributed by atoms with van der Waals surface area (Å²) in [5, 5.41) is 5.35. The van der Waals surface area contributed by atoms with Crippen molar-refractivity contribution in [2.24, 2.45) is 0 Å². The normalized spacial score (nSPS) is 24.5. The summed E-state index contributed by atoms with van der Waals surface area (Å²) >= 11 is 3.45. The zero-order valence-electron chi connectivity index (χ0n) is 13.1. The quantitative estimate of drug-likeness (QED) is 0.791. The molecule has 2 saturated heterocycles. The Balaban J connectivity index is 0.00000169. The molecule has 2 heterocycles. The van der Waals surface area contributed by atoms with Crippen LogP contribution in [0.2, 0.25) is 0 Å². The topological polar surface area (TPSA) is 49.4 Å². The van der Waals surface area contributed by atoms with Crippen LogP contribution in [0.3, 0.4) is 0 Å². The van der Waals surface area contributed by atoms with Gasteiger partial charge in [0.15, 0.2) is 0 Å². The van der Waals surface area contributed by atoms with Crippen molar-refractivity contribution in [2.45, 2.75) is 36.2 Å². The number of hydrogen-bond donors (Lipinski definition) is 1. The highest BCUT2D eigenvalue weighted by molar-refractivity contribution is 9.10. The first-order chi connectivity index (χ1) is 11.1. The number of nitrogens with one attached hydrogen (secondary N) is 1. The van der Waals surface area contributed by atoms with Gasteiger partial charge in [-0.3, -0.25) is 0 Å². The van der Waals surface area contributed by atoms with E-state index in [-0.39, 0.29) is 24.5 Å². The molecule has 0 spiro atoms. The van der Waals surface area contributed by atoms with Gasteiger partial charge in [-0.05, 0) is 60.8 Å². The maximum Gasteiger partial charge on any atom is 0.243 e. The number of halogens is 2. The molecule has 4 nitrogen and oxygen atoms in total. The molecular formula is C17H20BrClN2O2S. The molecule has 0 amide bonds. The zero-order chi connectivity index (χ0) is 16.0. The van der Waals surface area contributed by atoms with Gasteiger partial charge in [0, 0.05) is 23.1 Å². The van der Waals surface area contributed by atoms with Gasteiger partial charge in [0.1, 0.15) is 0 Å². The van der Waals surface area contributed by atoms with Crippen molar-refractivity contribution >= 4 is 49.1 Å². The fraction of sp³-hybridized carbons (Fsp3) is 0.412. The standard InChI is InChI=1S/C17H19BrN2O2S.ClH/c18-14-3-1-13-10-17(6-2-12(13)9-14)23(21,22)20-15-4-5-16(20)11-19-8-7-15;/h1-3,6,9-10,15-16,19H,4-5,7-8,11H2;1H. The fourth-order valence-corrected chi connectivity index (χ4v) is 6.12. The fourth-order valence-electron chi connectivity index (χ4n) is 3.81. The Labute approximate surface area is 157 Å². The lowest BCUT2D eigenvalue weighted by Crippen LogP contribution is -2.42. The summed E-state index contributed by atoms with van der Waals surface area (Å²) in [6, 6.07) is 11.6. The molecule has 0 saturated carbocycles. The largest absolute Gasteiger partial charge is 0.315 e. The van der Waals surface area contributed by atoms with Crippen LogP contribution in [0.5, 0.6) is 0 Å². The molecule has 2 aliphatic heterocycles. The number of hydrogen-bond acceptors (Lipinski definition) is 3. The Morgan fingerprint density at radius 3 is 2.54 bits per heavy atom. The van der Waals surface area contributed by atoms with Crippen molar-refractivity contribution in [1.82, 2.24) is 9.62 Å². The highest BCUT2D eigenvalue weighted by Gasteiger charge is 2.42. The monoisotopic (exact) mass is 430 g/mol. The first-order valence-corrected chi connectivity index (χ1v) is 10.2. The van der Waals surface area contributed by atoms with Crippen molar-refractivity contribution in [2.75, 3.05) is 13.1 Å². The molecule has 2 aromatic carbocycles. The average Bonchev–Trinajstić information content (AvgIpc) is 2.80. The Morgan fingerprint density at radius 2 is 1.71 bits per heavy atom. The van der Waals surface area contributed by atoms with Gasteiger partial charge >= 0.3 is 0 Å². The highest BCUT2D eigenvalue weighted by atomic mass is 79.9. The highest BCUT2D eigenvalue weighted by Crippen LogP contribution is 2.34. The third-order valence-corrected chi connectivity index (χ3v) is 7.43. The van der Waals surface area contributed by atoms with Gasteiger partial charge in [0.05, 0.1) is 4.90 Å². The van der Waals surface area contributed by atoms with Crippen molar-refractivity contribution in [3.8, 4) is 0 Å². The molecule has 24 heavy (non-hydrogen) atoms. The number of benzene rings is 2. The minimum Gasteiger partial charge on any atom is -0.315 e. The third-order valence-electron chi connectivity index (χ3n) is 4.94. The van der Waals surface area contributed by atoms with Gasteiger partial charge in [-0.15, -0.1) is 12.4 Å². The van der Waals surface area contributed by atoms with E-state index in [4.69, 9.17) is 0 Å². The summed E-state index contributed by atoms with van der Waals surface area (Å²) < 4.78 is 29.2. The van der Waals surface area contributed by atoms with Crippen LogP contribution in [0, 0.1) is 0 Å². The van der Waals surface area contributed by atoms with Crippen LogP contribution in [0.1, 0.15) is 19.3 Å². The molecule has 2 atom stereocenters. The van der Waals surface area contributed by atoms with Crippen LogP contribution in [-0.4, -0.2) is 37.9 Å². The molecule has 2 aromatic rings. The summed E-state index contributed by atoms with van der Waals surface area (Å²) in [5.74, 6) is 0. The Hall–Kier alpha value is -0.660. The second-order valence-corrected chi connectivity index (χ2v) is 9.12. The molecule has 2 bridgehead atoms. The van der Waals surface area contributed by atoms with Gasteiger partial charge in [-0.25, -0.2) is 8.42 Å². The van der Waals surface area contributed by atoms with E-state index in [9.17, 15) is 8.42 Å². The lowest BCUT2D eigenvalue weighted by atomic mass is 10.1. The van der Waals surface area contributed by atoms with Crippen molar-refractivity contribution < 1.29 is 8.42 Å². The Bertz CT molecular complexity index is 845. The lowest BCUT2D eigenvalue weighted by molar-refractivity contribution is 0.334. The SMILES string of the molecule is Cl.O=S(=O)(c1ccc2cc(Br)ccc2c1)N1C2CCNCC1CC2. The Morgan fingerprint density at radius 1 is 1.00 bits per heavy atom. The van der Waals surface area contributed by atoms with E-state index >= 15 is 0 Å². The van der Waals surface area contributed by atoms with Crippen LogP contribution >= 0.6 is 28.3 Å². The molecule has 7 heteroatoms. The molecule has 0 aliphatic carbocycles. The summed E-state index contributed by atoms with van der Waals surface area (Å²) in [4.78, 5) is 0.408. The van der Waals surface area contributed by atoms with E-state index in [2.05, 4.69) is 21.2 Å². The summed E-state index contributed by atoms with van der Waals surface area (Å²) in [6.07, 6.45) is 2.83. The second kappa shape index (κ2) is 6.92. The van der Waals surface area contributed by atoms with Crippen LogP contribution in [-0.2, 0) is 10.0 Å². The minimum absolute atomic E-state index is 0. The van der Waals surface area contributed by atoms with Crippen LogP contribution in [0.25, 0.3) is 10.8 Å². The second-order valence-electron chi connectivity index (χ2n) is 6.37. The maximum absolute atomic E-state index is 13.2. The van der Waals surface area contributed by atoms with E-state index in [0.29, 0.717) is 4.90 Å². The molecule has 2 aliphatic rings. The van der Waals surface area contributed by atoms with Crippen LogP contribution < -0.4 is 5.32 Å². The van der Waals surface area contributed by atoms with Crippen LogP contribution in [0.4, 0.5) is 0 Å². The first-order valence-electron chi connectivity index (χ1n) is 7.99. The number of nitrogens with zero attached hydrogens (tertiary/aromatic N) is 1. The summed E-state index contributed by atoms with van der Waals surface area (Å²) in [7, 11) is -3.44. The van der Waals surface area contributed by atoms with E-state index in [0.717, 1.165) is 47.6 Å². The molecule has 0 aromatic heterocycles. The summed E-state index contributed by atoms with van der Waals surface area (Å²) in [6.45, 7) is 1.66. The van der Waals surface area contributed by atoms with Gasteiger partial charge in [-0.1, -0.05) is 28.1 Å². The van der Waals surface area contributed by atoms with Gasteiger partial charge in [-0.2, -0.15) is 4.31 Å². The van der Waals surface area contributed by atoms with E-state index in [1.54, 1.807) is 16.4 Å². The molecular weight excluding hydrogens is 412 g/mol. The van der Waals surface area contributed by atoms with E-state index < -0.39 is 10.0 Å². The predicted octanol–water partition coefficient (Wildman–Crippen LogP) is 3.54. The number of rotatable bonds is 2. The van der Waals surface area contributed by atoms with Gasteiger partial charge in [0.2, 0.25) is 10.0 Å². The average molecular weight is 432 g/mol. The van der Waals surface area contributed by atoms with Crippen molar-refractivity contribution in [3.05, 3.63) is 40.9 Å². The third kappa shape index (κ3) is 3.10. The van der Waals surface area contributed by atoms with Gasteiger partial charge < -0.3 is 5.32 Å². The molecule has 1 N–H and O–H groups in total. The molecule has 130 valence electrons.